The van der Waals surface area contributed by atoms with Crippen molar-refractivity contribution in [2.45, 2.75) is 33.4 Å². The molecular formula is C23H21I2NO5S. The predicted octanol–water partition coefficient (Wildman–Crippen LogP) is 5.77. The van der Waals surface area contributed by atoms with Gasteiger partial charge in [-0.25, -0.2) is 4.79 Å². The molecule has 0 radical (unpaired) electrons. The van der Waals surface area contributed by atoms with E-state index in [1.807, 2.05) is 43.3 Å². The third-order valence-corrected chi connectivity index (χ3v) is 7.15. The summed E-state index contributed by atoms with van der Waals surface area (Å²) in [5.74, 6) is -0.326. The Morgan fingerprint density at radius 2 is 1.78 bits per heavy atom. The number of hydrogen-bond acceptors (Lipinski definition) is 6. The first kappa shape index (κ1) is 25.0. The molecule has 2 amide bonds. The first-order valence-electron chi connectivity index (χ1n) is 9.82. The van der Waals surface area contributed by atoms with Crippen LogP contribution in [0.3, 0.4) is 0 Å². The van der Waals surface area contributed by atoms with Crippen LogP contribution in [0, 0.1) is 14.1 Å². The number of imide groups is 1. The molecule has 9 heteroatoms. The molecule has 0 bridgehead atoms. The highest BCUT2D eigenvalue weighted by molar-refractivity contribution is 14.1. The molecule has 2 aromatic rings. The molecule has 168 valence electrons. The van der Waals surface area contributed by atoms with Gasteiger partial charge in [0.25, 0.3) is 11.1 Å². The van der Waals surface area contributed by atoms with Gasteiger partial charge in [-0.05, 0) is 107 Å². The van der Waals surface area contributed by atoms with Crippen LogP contribution in [-0.2, 0) is 20.9 Å². The van der Waals surface area contributed by atoms with E-state index in [-0.39, 0.29) is 11.5 Å². The summed E-state index contributed by atoms with van der Waals surface area (Å²) in [5, 5.41) is -0.482. The van der Waals surface area contributed by atoms with Crippen molar-refractivity contribution in [3.8, 4) is 5.75 Å². The molecule has 0 unspecified atom stereocenters. The monoisotopic (exact) mass is 677 g/mol. The number of halogens is 2. The van der Waals surface area contributed by atoms with Gasteiger partial charge >= 0.3 is 5.97 Å². The fourth-order valence-electron chi connectivity index (χ4n) is 2.97. The van der Waals surface area contributed by atoms with Crippen LogP contribution in [0.25, 0.3) is 6.08 Å². The largest absolute Gasteiger partial charge is 0.487 e. The molecule has 0 aliphatic carbocycles. The quantitative estimate of drug-likeness (QED) is 0.211. The highest BCUT2D eigenvalue weighted by Crippen LogP contribution is 2.36. The van der Waals surface area contributed by atoms with Crippen molar-refractivity contribution in [2.24, 2.45) is 0 Å². The first-order chi connectivity index (χ1) is 15.2. The summed E-state index contributed by atoms with van der Waals surface area (Å²) < 4.78 is 12.8. The Kier molecular flexibility index (Phi) is 8.62. The number of aryl methyl sites for hydroxylation is 1. The van der Waals surface area contributed by atoms with Gasteiger partial charge in [0, 0.05) is 0 Å². The second-order valence-corrected chi connectivity index (χ2v) is 10.4. The molecule has 0 aromatic heterocycles. The third-order valence-electron chi connectivity index (χ3n) is 4.66. The fourth-order valence-corrected chi connectivity index (χ4v) is 6.01. The normalized spacial score (nSPS) is 15.9. The summed E-state index contributed by atoms with van der Waals surface area (Å²) in [4.78, 5) is 38.3. The first-order valence-corrected chi connectivity index (χ1v) is 12.8. The van der Waals surface area contributed by atoms with Crippen LogP contribution >= 0.6 is 56.9 Å². The number of amides is 2. The van der Waals surface area contributed by atoms with Crippen molar-refractivity contribution in [2.75, 3.05) is 6.61 Å². The summed E-state index contributed by atoms with van der Waals surface area (Å²) >= 11 is 5.22. The summed E-state index contributed by atoms with van der Waals surface area (Å²) in [5.41, 5.74) is 3.05. The molecular weight excluding hydrogens is 656 g/mol. The molecule has 0 N–H and O–H groups in total. The fraction of sp³-hybridized carbons (Fsp3) is 0.261. The molecule has 1 saturated heterocycles. The molecule has 0 saturated carbocycles. The maximum absolute atomic E-state index is 12.8. The standard InChI is InChI=1S/C23H21I2NO5S/c1-4-30-22(28)14(3)26-21(27)19(32-23(26)29)11-16-9-17(24)20(18(25)10-16)31-12-15-7-5-13(2)6-8-15/h5-11,14H,4,12H2,1-3H3/b19-11+/t14-/m1/s1. The SMILES string of the molecule is CCOC(=O)[C@@H](C)N1C(=O)S/C(=C/c2cc(I)c(OCc3ccc(C)cc3)c(I)c2)C1=O. The molecule has 3 rings (SSSR count). The van der Waals surface area contributed by atoms with Crippen molar-refractivity contribution >= 4 is 80.1 Å². The summed E-state index contributed by atoms with van der Waals surface area (Å²) in [7, 11) is 0. The maximum Gasteiger partial charge on any atom is 0.329 e. The lowest BCUT2D eigenvalue weighted by atomic mass is 10.1. The average Bonchev–Trinajstić information content (AvgIpc) is 3.01. The van der Waals surface area contributed by atoms with Crippen LogP contribution in [0.15, 0.2) is 41.3 Å². The Labute approximate surface area is 218 Å². The van der Waals surface area contributed by atoms with Crippen molar-refractivity contribution in [1.29, 1.82) is 0 Å². The maximum atomic E-state index is 12.8. The topological polar surface area (TPSA) is 72.9 Å². The molecule has 1 atom stereocenters. The Morgan fingerprint density at radius 1 is 1.16 bits per heavy atom. The van der Waals surface area contributed by atoms with Crippen LogP contribution in [0.2, 0.25) is 0 Å². The van der Waals surface area contributed by atoms with Gasteiger partial charge in [-0.3, -0.25) is 14.5 Å². The lowest BCUT2D eigenvalue weighted by Crippen LogP contribution is -2.42. The number of ether oxygens (including phenoxy) is 2. The van der Waals surface area contributed by atoms with Crippen LogP contribution in [0.5, 0.6) is 5.75 Å². The number of esters is 1. The number of benzene rings is 2. The number of rotatable bonds is 7. The number of thioether (sulfide) groups is 1. The number of carbonyl (C=O) groups is 3. The van der Waals surface area contributed by atoms with Gasteiger partial charge in [0.1, 0.15) is 18.4 Å². The van der Waals surface area contributed by atoms with Crippen LogP contribution in [0.4, 0.5) is 4.79 Å². The van der Waals surface area contributed by atoms with E-state index in [1.54, 1.807) is 13.0 Å². The van der Waals surface area contributed by atoms with Crippen molar-refractivity contribution in [1.82, 2.24) is 4.90 Å². The Bertz CT molecular complexity index is 1060. The lowest BCUT2D eigenvalue weighted by molar-refractivity contribution is -0.150. The van der Waals surface area contributed by atoms with E-state index in [4.69, 9.17) is 9.47 Å². The van der Waals surface area contributed by atoms with E-state index in [0.717, 1.165) is 40.7 Å². The summed E-state index contributed by atoms with van der Waals surface area (Å²) in [6.07, 6.45) is 1.66. The van der Waals surface area contributed by atoms with Crippen LogP contribution < -0.4 is 4.74 Å². The molecule has 6 nitrogen and oxygen atoms in total. The zero-order chi connectivity index (χ0) is 23.4. The van der Waals surface area contributed by atoms with Gasteiger partial charge < -0.3 is 9.47 Å². The van der Waals surface area contributed by atoms with Gasteiger partial charge in [0.15, 0.2) is 0 Å². The second-order valence-electron chi connectivity index (χ2n) is 7.07. The van der Waals surface area contributed by atoms with E-state index < -0.39 is 23.2 Å². The third kappa shape index (κ3) is 5.84. The van der Waals surface area contributed by atoms with Gasteiger partial charge in [0.05, 0.1) is 18.7 Å². The smallest absolute Gasteiger partial charge is 0.329 e. The highest BCUT2D eigenvalue weighted by atomic mass is 127. The van der Waals surface area contributed by atoms with E-state index in [1.165, 1.54) is 12.5 Å². The van der Waals surface area contributed by atoms with Gasteiger partial charge in [-0.2, -0.15) is 0 Å². The minimum atomic E-state index is -0.967. The molecule has 32 heavy (non-hydrogen) atoms. The second kappa shape index (κ2) is 11.0. The molecule has 1 aliphatic rings. The number of nitrogens with zero attached hydrogens (tertiary/aromatic N) is 1. The van der Waals surface area contributed by atoms with Crippen LogP contribution in [-0.4, -0.2) is 34.7 Å². The average molecular weight is 677 g/mol. The summed E-state index contributed by atoms with van der Waals surface area (Å²) in [6, 6.07) is 11.0. The zero-order valence-electron chi connectivity index (χ0n) is 17.7. The number of carbonyl (C=O) groups excluding carboxylic acids is 3. The van der Waals surface area contributed by atoms with E-state index in [2.05, 4.69) is 45.2 Å². The molecule has 0 spiro atoms. The Balaban J connectivity index is 1.77. The minimum absolute atomic E-state index is 0.185. The minimum Gasteiger partial charge on any atom is -0.487 e. The van der Waals surface area contributed by atoms with Crippen molar-refractivity contribution < 1.29 is 23.9 Å². The summed E-state index contributed by atoms with van der Waals surface area (Å²) in [6.45, 7) is 5.85. The zero-order valence-corrected chi connectivity index (χ0v) is 22.8. The predicted molar refractivity (Wildman–Crippen MR) is 141 cm³/mol. The van der Waals surface area contributed by atoms with Crippen LogP contribution in [0.1, 0.15) is 30.5 Å². The molecule has 1 heterocycles. The molecule has 1 aliphatic heterocycles. The van der Waals surface area contributed by atoms with E-state index in [9.17, 15) is 14.4 Å². The van der Waals surface area contributed by atoms with E-state index in [0.29, 0.717) is 6.61 Å². The number of hydrogen-bond donors (Lipinski definition) is 0. The molecule has 1 fully saturated rings. The van der Waals surface area contributed by atoms with Crippen molar-refractivity contribution in [3.63, 3.8) is 0 Å². The van der Waals surface area contributed by atoms with Gasteiger partial charge in [0.2, 0.25) is 0 Å². The Morgan fingerprint density at radius 3 is 2.38 bits per heavy atom. The van der Waals surface area contributed by atoms with Gasteiger partial charge in [-0.1, -0.05) is 29.8 Å². The molecule has 2 aromatic carbocycles. The Hall–Kier alpha value is -1.60. The van der Waals surface area contributed by atoms with Crippen molar-refractivity contribution in [3.05, 3.63) is 65.1 Å². The lowest BCUT2D eigenvalue weighted by Gasteiger charge is -2.19. The van der Waals surface area contributed by atoms with Gasteiger partial charge in [-0.15, -0.1) is 0 Å². The van der Waals surface area contributed by atoms with E-state index >= 15 is 0 Å². The highest BCUT2D eigenvalue weighted by Gasteiger charge is 2.41.